The predicted molar refractivity (Wildman–Crippen MR) is 211 cm³/mol. The van der Waals surface area contributed by atoms with Crippen LogP contribution in [0.25, 0.3) is 0 Å². The van der Waals surface area contributed by atoms with Gasteiger partial charge in [0.1, 0.15) is 11.6 Å². The van der Waals surface area contributed by atoms with Gasteiger partial charge in [-0.3, -0.25) is 9.59 Å². The maximum atomic E-state index is 13.2. The summed E-state index contributed by atoms with van der Waals surface area (Å²) in [6, 6.07) is 0. The first kappa shape index (κ1) is 39.0. The molecule has 0 aromatic carbocycles. The van der Waals surface area contributed by atoms with Gasteiger partial charge in [-0.25, -0.2) is 0 Å². The zero-order valence-corrected chi connectivity index (χ0v) is 33.7. The average Bonchev–Trinajstić information content (AvgIpc) is 3.16. The standard InChI is InChI=1S/C27H46O.C21H36O/c1-19-3-7-21(8-4-19)23-11-15-25(16-12-23)27(28)26-17-13-24(14-18-26)22-9-5-20(2)6-10-22;1-15-3-7-17(8-4-15)18-11-13-20(14-12-18)21(22)19-9-5-16(2)6-10-19/h19-26H,3-18H2,1-2H3;15-20H,3-14H2,1-2H3. The summed E-state index contributed by atoms with van der Waals surface area (Å²) < 4.78 is 0. The van der Waals surface area contributed by atoms with E-state index in [0.29, 0.717) is 35.2 Å². The fourth-order valence-corrected chi connectivity index (χ4v) is 13.1. The molecule has 0 N–H and O–H groups in total. The lowest BCUT2D eigenvalue weighted by Gasteiger charge is -2.39. The van der Waals surface area contributed by atoms with Crippen molar-refractivity contribution in [3.8, 4) is 0 Å². The summed E-state index contributed by atoms with van der Waals surface area (Å²) in [5, 5.41) is 0. The van der Waals surface area contributed by atoms with Gasteiger partial charge in [-0.15, -0.1) is 0 Å². The summed E-state index contributed by atoms with van der Waals surface area (Å²) >= 11 is 0. The largest absolute Gasteiger partial charge is 0.299 e. The Morgan fingerprint density at radius 1 is 0.240 bits per heavy atom. The van der Waals surface area contributed by atoms with Gasteiger partial charge < -0.3 is 0 Å². The zero-order valence-electron chi connectivity index (χ0n) is 33.7. The number of carbonyl (C=O) groups excluding carboxylic acids is 2. The van der Waals surface area contributed by atoms with Crippen LogP contribution in [-0.2, 0) is 9.59 Å². The SMILES string of the molecule is CC1CCC(C(=O)C2CCC(C3CCC(C)CC3)CC2)CC1.CC1CCC(C2CCC(C(=O)C3CCC(C4CCC(C)CC4)CC3)CC2)CC1. The second kappa shape index (κ2) is 19.1. The number of Topliss-reactive ketones (excluding diaryl/α,β-unsaturated/α-hetero) is 2. The highest BCUT2D eigenvalue weighted by atomic mass is 16.1. The van der Waals surface area contributed by atoms with Gasteiger partial charge >= 0.3 is 0 Å². The molecule has 50 heavy (non-hydrogen) atoms. The third kappa shape index (κ3) is 10.7. The summed E-state index contributed by atoms with van der Waals surface area (Å²) in [5.74, 6) is 12.6. The normalized spacial score (nSPS) is 44.7. The van der Waals surface area contributed by atoms with Crippen LogP contribution in [0.1, 0.15) is 207 Å². The molecule has 0 unspecified atom stereocenters. The Labute approximate surface area is 310 Å². The average molecular weight is 691 g/mol. The van der Waals surface area contributed by atoms with Gasteiger partial charge in [-0.1, -0.05) is 79.1 Å². The van der Waals surface area contributed by atoms with Crippen molar-refractivity contribution in [3.05, 3.63) is 0 Å². The van der Waals surface area contributed by atoms with Crippen molar-refractivity contribution in [2.75, 3.05) is 0 Å². The molecule has 0 aliphatic heterocycles. The van der Waals surface area contributed by atoms with Crippen molar-refractivity contribution in [3.63, 3.8) is 0 Å². The van der Waals surface area contributed by atoms with Gasteiger partial charge in [0, 0.05) is 23.7 Å². The van der Waals surface area contributed by atoms with Gasteiger partial charge in [0.25, 0.3) is 0 Å². The molecule has 0 aromatic heterocycles. The van der Waals surface area contributed by atoms with Crippen LogP contribution >= 0.6 is 0 Å². The second-order valence-electron chi connectivity index (χ2n) is 20.7. The maximum absolute atomic E-state index is 13.2. The highest BCUT2D eigenvalue weighted by Gasteiger charge is 2.38. The van der Waals surface area contributed by atoms with Gasteiger partial charge in [0.2, 0.25) is 0 Å². The van der Waals surface area contributed by atoms with E-state index in [0.717, 1.165) is 59.2 Å². The monoisotopic (exact) mass is 691 g/mol. The maximum Gasteiger partial charge on any atom is 0.139 e. The van der Waals surface area contributed by atoms with E-state index in [-0.39, 0.29) is 0 Å². The van der Waals surface area contributed by atoms with Crippen LogP contribution in [0, 0.1) is 82.9 Å². The van der Waals surface area contributed by atoms with Crippen LogP contribution in [0.15, 0.2) is 0 Å². The van der Waals surface area contributed by atoms with E-state index in [4.69, 9.17) is 0 Å². The minimum absolute atomic E-state index is 0.424. The molecular formula is C48H82O2. The Balaban J connectivity index is 0.000000178. The van der Waals surface area contributed by atoms with Gasteiger partial charge in [-0.2, -0.15) is 0 Å². The highest BCUT2D eigenvalue weighted by molar-refractivity contribution is 5.84. The van der Waals surface area contributed by atoms with Crippen LogP contribution in [0.5, 0.6) is 0 Å². The molecular weight excluding hydrogens is 609 g/mol. The lowest BCUT2D eigenvalue weighted by Crippen LogP contribution is -2.33. The second-order valence-corrected chi connectivity index (χ2v) is 20.7. The number of rotatable bonds is 7. The third-order valence-corrected chi connectivity index (χ3v) is 17.1. The number of hydrogen-bond donors (Lipinski definition) is 0. The number of hydrogen-bond acceptors (Lipinski definition) is 2. The Morgan fingerprint density at radius 3 is 0.580 bits per heavy atom. The summed E-state index contributed by atoms with van der Waals surface area (Å²) in [6.07, 6.45) is 37.8. The molecule has 0 bridgehead atoms. The predicted octanol–water partition coefficient (Wildman–Crippen LogP) is 13.8. The lowest BCUT2D eigenvalue weighted by atomic mass is 9.65. The first-order valence-electron chi connectivity index (χ1n) is 23.3. The topological polar surface area (TPSA) is 34.1 Å². The molecule has 0 spiro atoms. The van der Waals surface area contributed by atoms with E-state index in [1.54, 1.807) is 0 Å². The van der Waals surface area contributed by atoms with Gasteiger partial charge in [-0.05, 0) is 188 Å². The van der Waals surface area contributed by atoms with Gasteiger partial charge in [0.15, 0.2) is 0 Å². The van der Waals surface area contributed by atoms with Crippen LogP contribution < -0.4 is 0 Å². The molecule has 2 nitrogen and oxygen atoms in total. The molecule has 0 aromatic rings. The van der Waals surface area contributed by atoms with E-state index in [2.05, 4.69) is 27.7 Å². The van der Waals surface area contributed by atoms with E-state index in [1.165, 1.54) is 180 Å². The third-order valence-electron chi connectivity index (χ3n) is 17.1. The van der Waals surface area contributed by atoms with Crippen LogP contribution in [0.4, 0.5) is 0 Å². The van der Waals surface area contributed by atoms with Crippen molar-refractivity contribution in [2.45, 2.75) is 207 Å². The summed E-state index contributed by atoms with van der Waals surface area (Å²) in [5.41, 5.74) is 0. The van der Waals surface area contributed by atoms with Gasteiger partial charge in [0.05, 0.1) is 0 Å². The Morgan fingerprint density at radius 2 is 0.380 bits per heavy atom. The number of carbonyl (C=O) groups is 2. The molecule has 7 fully saturated rings. The smallest absolute Gasteiger partial charge is 0.139 e. The Hall–Kier alpha value is -0.660. The molecule has 286 valence electrons. The van der Waals surface area contributed by atoms with Crippen LogP contribution in [-0.4, -0.2) is 11.6 Å². The summed E-state index contributed by atoms with van der Waals surface area (Å²) in [4.78, 5) is 26.0. The van der Waals surface area contributed by atoms with E-state index in [1.807, 2.05) is 0 Å². The lowest BCUT2D eigenvalue weighted by molar-refractivity contribution is -0.130. The van der Waals surface area contributed by atoms with Crippen molar-refractivity contribution >= 4 is 11.6 Å². The van der Waals surface area contributed by atoms with Crippen molar-refractivity contribution in [1.29, 1.82) is 0 Å². The molecule has 0 saturated heterocycles. The van der Waals surface area contributed by atoms with E-state index < -0.39 is 0 Å². The van der Waals surface area contributed by atoms with Crippen molar-refractivity contribution in [2.24, 2.45) is 82.9 Å². The van der Waals surface area contributed by atoms with Crippen molar-refractivity contribution in [1.82, 2.24) is 0 Å². The molecule has 2 heteroatoms. The first-order valence-corrected chi connectivity index (χ1v) is 23.3. The van der Waals surface area contributed by atoms with Crippen LogP contribution in [0.2, 0.25) is 0 Å². The molecule has 7 aliphatic carbocycles. The number of ketones is 2. The quantitative estimate of drug-likeness (QED) is 0.266. The fraction of sp³-hybridized carbons (Fsp3) is 0.958. The minimum Gasteiger partial charge on any atom is -0.299 e. The van der Waals surface area contributed by atoms with Crippen LogP contribution in [0.3, 0.4) is 0 Å². The minimum atomic E-state index is 0.424. The molecule has 0 amide bonds. The Bertz CT molecular complexity index is 947. The Kier molecular flexibility index (Phi) is 14.9. The van der Waals surface area contributed by atoms with Crippen molar-refractivity contribution < 1.29 is 9.59 Å². The summed E-state index contributed by atoms with van der Waals surface area (Å²) in [6.45, 7) is 9.61. The zero-order chi connectivity index (χ0) is 35.0. The molecule has 0 radical (unpaired) electrons. The first-order chi connectivity index (χ1) is 24.2. The van der Waals surface area contributed by atoms with E-state index in [9.17, 15) is 9.59 Å². The summed E-state index contributed by atoms with van der Waals surface area (Å²) in [7, 11) is 0. The fourth-order valence-electron chi connectivity index (χ4n) is 13.1. The molecule has 0 heterocycles. The molecule has 7 aliphatic rings. The molecule has 0 atom stereocenters. The van der Waals surface area contributed by atoms with E-state index >= 15 is 0 Å². The molecule has 7 saturated carbocycles. The molecule has 7 rings (SSSR count). The highest BCUT2D eigenvalue weighted by Crippen LogP contribution is 2.46.